The summed E-state index contributed by atoms with van der Waals surface area (Å²) in [5.74, 6) is 1.63. The predicted octanol–water partition coefficient (Wildman–Crippen LogP) is 2.20. The maximum atomic E-state index is 4.55. The summed E-state index contributed by atoms with van der Waals surface area (Å²) in [6.07, 6.45) is 4.19. The number of hydrogen-bond donors (Lipinski definition) is 1. The Hall–Kier alpha value is -0.880. The van der Waals surface area contributed by atoms with Gasteiger partial charge in [0.1, 0.15) is 5.82 Å². The first-order valence-corrected chi connectivity index (χ1v) is 7.60. The topological polar surface area (TPSA) is 44.3 Å². The number of rotatable bonds is 4. The normalized spacial score (nSPS) is 17.5. The molecule has 106 valence electrons. The zero-order valence-electron chi connectivity index (χ0n) is 11.9. The third-order valence-corrected chi connectivity index (χ3v) is 4.39. The van der Waals surface area contributed by atoms with Crippen molar-refractivity contribution < 1.29 is 0 Å². The van der Waals surface area contributed by atoms with Crippen LogP contribution in [0, 0.1) is 0 Å². The van der Waals surface area contributed by atoms with Gasteiger partial charge >= 0.3 is 0 Å². The van der Waals surface area contributed by atoms with Crippen molar-refractivity contribution in [3.8, 4) is 0 Å². The molecule has 1 aliphatic rings. The van der Waals surface area contributed by atoms with E-state index in [-0.39, 0.29) is 0 Å². The molecule has 1 saturated heterocycles. The highest BCUT2D eigenvalue weighted by Crippen LogP contribution is 2.27. The molecule has 2 heterocycles. The zero-order valence-corrected chi connectivity index (χ0v) is 13.4. The van der Waals surface area contributed by atoms with Crippen molar-refractivity contribution in [1.82, 2.24) is 14.9 Å². The maximum absolute atomic E-state index is 4.55. The Morgan fingerprint density at radius 3 is 2.74 bits per heavy atom. The summed E-state index contributed by atoms with van der Waals surface area (Å²) in [5.41, 5.74) is 0. The van der Waals surface area contributed by atoms with Crippen molar-refractivity contribution >= 4 is 27.7 Å². The number of likely N-dealkylation sites (tertiary alicyclic amines) is 1. The van der Waals surface area contributed by atoms with E-state index in [1.54, 1.807) is 0 Å². The smallest absolute Gasteiger partial charge is 0.224 e. The Bertz CT molecular complexity index is 417. The van der Waals surface area contributed by atoms with Crippen LogP contribution in [-0.4, -0.2) is 54.6 Å². The van der Waals surface area contributed by atoms with Crippen LogP contribution in [0.1, 0.15) is 19.8 Å². The molecule has 1 fully saturated rings. The number of hydrogen-bond acceptors (Lipinski definition) is 5. The van der Waals surface area contributed by atoms with Crippen molar-refractivity contribution in [3.05, 3.63) is 10.7 Å². The van der Waals surface area contributed by atoms with Crippen molar-refractivity contribution in [2.45, 2.75) is 25.8 Å². The summed E-state index contributed by atoms with van der Waals surface area (Å²) < 4.78 is 0.951. The Morgan fingerprint density at radius 1 is 1.47 bits per heavy atom. The van der Waals surface area contributed by atoms with Crippen LogP contribution in [0.2, 0.25) is 0 Å². The number of anilines is 2. The third kappa shape index (κ3) is 3.36. The van der Waals surface area contributed by atoms with Gasteiger partial charge in [-0.25, -0.2) is 4.98 Å². The summed E-state index contributed by atoms with van der Waals surface area (Å²) in [4.78, 5) is 13.5. The molecular weight excluding hydrogens is 306 g/mol. The van der Waals surface area contributed by atoms with Gasteiger partial charge in [-0.15, -0.1) is 0 Å². The lowest BCUT2D eigenvalue weighted by molar-refractivity contribution is 0.220. The van der Waals surface area contributed by atoms with Gasteiger partial charge in [0, 0.05) is 39.4 Å². The van der Waals surface area contributed by atoms with Crippen LogP contribution in [0.25, 0.3) is 0 Å². The van der Waals surface area contributed by atoms with E-state index in [1.165, 1.54) is 25.9 Å². The van der Waals surface area contributed by atoms with Gasteiger partial charge in [0.05, 0.1) is 4.47 Å². The van der Waals surface area contributed by atoms with Crippen LogP contribution in [0.5, 0.6) is 0 Å². The highest BCUT2D eigenvalue weighted by atomic mass is 79.9. The highest BCUT2D eigenvalue weighted by Gasteiger charge is 2.24. The van der Waals surface area contributed by atoms with Gasteiger partial charge in [0.25, 0.3) is 0 Å². The van der Waals surface area contributed by atoms with E-state index in [0.717, 1.165) is 16.8 Å². The van der Waals surface area contributed by atoms with Crippen LogP contribution >= 0.6 is 15.9 Å². The average molecular weight is 328 g/mol. The second kappa shape index (κ2) is 6.52. The van der Waals surface area contributed by atoms with Gasteiger partial charge in [-0.2, -0.15) is 4.98 Å². The number of aromatic nitrogens is 2. The van der Waals surface area contributed by atoms with E-state index in [1.807, 2.05) is 13.2 Å². The Balaban J connectivity index is 2.09. The van der Waals surface area contributed by atoms with E-state index in [4.69, 9.17) is 0 Å². The molecule has 0 aromatic carbocycles. The molecule has 0 spiro atoms. The molecule has 0 amide bonds. The maximum Gasteiger partial charge on any atom is 0.224 e. The second-order valence-corrected chi connectivity index (χ2v) is 5.75. The molecule has 0 saturated carbocycles. The Morgan fingerprint density at radius 2 is 2.16 bits per heavy atom. The minimum atomic E-state index is 0.554. The largest absolute Gasteiger partial charge is 0.357 e. The lowest BCUT2D eigenvalue weighted by atomic mass is 10.0. The summed E-state index contributed by atoms with van der Waals surface area (Å²) in [5, 5.41) is 2.99. The van der Waals surface area contributed by atoms with Crippen LogP contribution in [0.4, 0.5) is 11.8 Å². The van der Waals surface area contributed by atoms with Gasteiger partial charge in [-0.05, 0) is 35.3 Å². The molecule has 0 unspecified atom stereocenters. The van der Waals surface area contributed by atoms with E-state index in [2.05, 4.69) is 55.0 Å². The fraction of sp³-hybridized carbons (Fsp3) is 0.692. The van der Waals surface area contributed by atoms with Crippen molar-refractivity contribution in [2.24, 2.45) is 0 Å². The van der Waals surface area contributed by atoms with E-state index < -0.39 is 0 Å². The lowest BCUT2D eigenvalue weighted by Crippen LogP contribution is -2.43. The monoisotopic (exact) mass is 327 g/mol. The molecule has 6 heteroatoms. The molecule has 0 aliphatic carbocycles. The van der Waals surface area contributed by atoms with E-state index >= 15 is 0 Å². The molecule has 1 aliphatic heterocycles. The summed E-state index contributed by atoms with van der Waals surface area (Å²) in [6.45, 7) is 5.72. The quantitative estimate of drug-likeness (QED) is 0.918. The first-order chi connectivity index (χ1) is 9.15. The lowest BCUT2D eigenvalue weighted by Gasteiger charge is -2.37. The average Bonchev–Trinajstić information content (AvgIpc) is 2.47. The third-order valence-electron chi connectivity index (χ3n) is 3.84. The first-order valence-electron chi connectivity index (χ1n) is 6.81. The standard InChI is InChI=1S/C13H22BrN5/c1-4-19-7-5-10(6-8-19)18(3)12-11(14)9-16-13(15-2)17-12/h9-10H,4-8H2,1-3H3,(H,15,16,17). The minimum Gasteiger partial charge on any atom is -0.357 e. The van der Waals surface area contributed by atoms with Gasteiger partial charge < -0.3 is 15.1 Å². The zero-order chi connectivity index (χ0) is 13.8. The first kappa shape index (κ1) is 14.5. The Labute approximate surface area is 123 Å². The van der Waals surface area contributed by atoms with Gasteiger partial charge in [-0.1, -0.05) is 6.92 Å². The summed E-state index contributed by atoms with van der Waals surface area (Å²) in [7, 11) is 3.96. The Kier molecular flexibility index (Phi) is 4.99. The second-order valence-electron chi connectivity index (χ2n) is 4.89. The fourth-order valence-corrected chi connectivity index (χ4v) is 2.99. The molecule has 5 nitrogen and oxygen atoms in total. The van der Waals surface area contributed by atoms with Crippen LogP contribution < -0.4 is 10.2 Å². The fourth-order valence-electron chi connectivity index (χ4n) is 2.52. The number of nitrogens with one attached hydrogen (secondary N) is 1. The van der Waals surface area contributed by atoms with Gasteiger partial charge in [0.2, 0.25) is 5.95 Å². The molecular formula is C13H22BrN5. The summed E-state index contributed by atoms with van der Waals surface area (Å²) in [6, 6.07) is 0.554. The highest BCUT2D eigenvalue weighted by molar-refractivity contribution is 9.10. The molecule has 2 rings (SSSR count). The number of piperidine rings is 1. The molecule has 1 aromatic rings. The van der Waals surface area contributed by atoms with Crippen molar-refractivity contribution in [1.29, 1.82) is 0 Å². The molecule has 1 N–H and O–H groups in total. The van der Waals surface area contributed by atoms with Crippen LogP contribution in [-0.2, 0) is 0 Å². The predicted molar refractivity (Wildman–Crippen MR) is 82.8 cm³/mol. The van der Waals surface area contributed by atoms with Crippen LogP contribution in [0.15, 0.2) is 10.7 Å². The molecule has 0 atom stereocenters. The minimum absolute atomic E-state index is 0.554. The van der Waals surface area contributed by atoms with Gasteiger partial charge in [0.15, 0.2) is 0 Å². The molecule has 0 bridgehead atoms. The number of nitrogens with zero attached hydrogens (tertiary/aromatic N) is 4. The van der Waals surface area contributed by atoms with Crippen molar-refractivity contribution in [2.75, 3.05) is 43.9 Å². The van der Waals surface area contributed by atoms with Crippen molar-refractivity contribution in [3.63, 3.8) is 0 Å². The van der Waals surface area contributed by atoms with Crippen LogP contribution in [0.3, 0.4) is 0 Å². The molecule has 1 aromatic heterocycles. The number of halogens is 1. The van der Waals surface area contributed by atoms with Gasteiger partial charge in [-0.3, -0.25) is 0 Å². The molecule has 0 radical (unpaired) electrons. The SMILES string of the molecule is CCN1CCC(N(C)c2nc(NC)ncc2Br)CC1. The molecule has 19 heavy (non-hydrogen) atoms. The van der Waals surface area contributed by atoms with E-state index in [0.29, 0.717) is 12.0 Å². The summed E-state index contributed by atoms with van der Waals surface area (Å²) >= 11 is 3.55. The van der Waals surface area contributed by atoms with E-state index in [9.17, 15) is 0 Å².